The topological polar surface area (TPSA) is 73.9 Å². The molecule has 6 nitrogen and oxygen atoms in total. The maximum Gasteiger partial charge on any atom is 0.145 e. The number of nitrogens with zero attached hydrogens (tertiary/aromatic N) is 2. The van der Waals surface area contributed by atoms with Gasteiger partial charge in [-0.15, -0.1) is 0 Å². The second-order valence-corrected chi connectivity index (χ2v) is 7.26. The van der Waals surface area contributed by atoms with E-state index in [0.29, 0.717) is 17.4 Å². The lowest BCUT2D eigenvalue weighted by atomic mass is 9.97. The summed E-state index contributed by atoms with van der Waals surface area (Å²) < 4.78 is 28.5. The average Bonchev–Trinajstić information content (AvgIpc) is 3.37. The fourth-order valence-corrected chi connectivity index (χ4v) is 3.88. The van der Waals surface area contributed by atoms with Crippen molar-refractivity contribution in [2.45, 2.75) is 18.5 Å². The molecule has 8 heteroatoms. The third kappa shape index (κ3) is 3.41. The molecule has 3 heterocycles. The molecule has 148 valence electrons. The van der Waals surface area contributed by atoms with Gasteiger partial charge in [0.25, 0.3) is 0 Å². The van der Waals surface area contributed by atoms with Gasteiger partial charge in [0.05, 0.1) is 35.4 Å². The van der Waals surface area contributed by atoms with Gasteiger partial charge in [-0.05, 0) is 42.8 Å². The number of nitrogens with one attached hydrogen (secondary N) is 4. The monoisotopic (exact) mass is 394 g/mol. The molecule has 29 heavy (non-hydrogen) atoms. The normalized spacial score (nSPS) is 20.3. The lowest BCUT2D eigenvalue weighted by molar-refractivity contribution is 0.589. The van der Waals surface area contributed by atoms with Crippen LogP contribution >= 0.6 is 0 Å². The lowest BCUT2D eigenvalue weighted by Gasteiger charge is -2.15. The summed E-state index contributed by atoms with van der Waals surface area (Å²) in [6.45, 7) is 1.89. The summed E-state index contributed by atoms with van der Waals surface area (Å²) >= 11 is 0. The summed E-state index contributed by atoms with van der Waals surface area (Å²) in [7, 11) is 0. The molecule has 2 aliphatic heterocycles. The van der Waals surface area contributed by atoms with E-state index < -0.39 is 11.6 Å². The molecule has 1 fully saturated rings. The van der Waals surface area contributed by atoms with Gasteiger partial charge in [-0.2, -0.15) is 0 Å². The van der Waals surface area contributed by atoms with E-state index in [-0.39, 0.29) is 11.6 Å². The number of hydrogen-bond donors (Lipinski definition) is 4. The minimum atomic E-state index is -0.587. The van der Waals surface area contributed by atoms with Crippen molar-refractivity contribution in [3.05, 3.63) is 71.7 Å². The zero-order valence-corrected chi connectivity index (χ0v) is 15.5. The minimum Gasteiger partial charge on any atom is -0.365 e. The van der Waals surface area contributed by atoms with Crippen LogP contribution in [0.2, 0.25) is 0 Å². The maximum atomic E-state index is 14.2. The highest BCUT2D eigenvalue weighted by Crippen LogP contribution is 2.37. The van der Waals surface area contributed by atoms with Crippen LogP contribution in [0.3, 0.4) is 0 Å². The Morgan fingerprint density at radius 2 is 1.93 bits per heavy atom. The third-order valence-corrected chi connectivity index (χ3v) is 5.33. The van der Waals surface area contributed by atoms with Gasteiger partial charge in [0, 0.05) is 18.2 Å². The molecule has 0 spiro atoms. The number of fused-ring (bicyclic) bond motifs is 1. The van der Waals surface area contributed by atoms with Gasteiger partial charge < -0.3 is 16.1 Å². The Kier molecular flexibility index (Phi) is 4.57. The maximum absolute atomic E-state index is 14.2. The second-order valence-electron chi connectivity index (χ2n) is 7.26. The van der Waals surface area contributed by atoms with Crippen molar-refractivity contribution >= 4 is 11.5 Å². The minimum absolute atomic E-state index is 0.0313. The Morgan fingerprint density at radius 1 is 1.07 bits per heavy atom. The van der Waals surface area contributed by atoms with Crippen molar-refractivity contribution in [3.8, 4) is 11.1 Å². The largest absolute Gasteiger partial charge is 0.365 e. The van der Waals surface area contributed by atoms with Crippen LogP contribution < -0.4 is 21.5 Å². The van der Waals surface area contributed by atoms with E-state index in [9.17, 15) is 8.78 Å². The van der Waals surface area contributed by atoms with Crippen molar-refractivity contribution in [1.29, 1.82) is 0 Å². The van der Waals surface area contributed by atoms with Crippen LogP contribution in [0.4, 0.5) is 20.3 Å². The van der Waals surface area contributed by atoms with Crippen molar-refractivity contribution in [3.63, 3.8) is 0 Å². The molecule has 1 saturated heterocycles. The number of benzene rings is 2. The molecule has 0 amide bonds. The summed E-state index contributed by atoms with van der Waals surface area (Å²) in [5.41, 5.74) is 9.17. The van der Waals surface area contributed by atoms with Crippen molar-refractivity contribution in [1.82, 2.24) is 20.7 Å². The molecule has 2 aliphatic rings. The van der Waals surface area contributed by atoms with Crippen LogP contribution in [0.1, 0.15) is 23.7 Å². The molecule has 2 atom stereocenters. The van der Waals surface area contributed by atoms with E-state index in [2.05, 4.69) is 26.5 Å². The first kappa shape index (κ1) is 18.0. The molecule has 4 N–H and O–H groups in total. The molecule has 2 aromatic carbocycles. The first-order valence-electron chi connectivity index (χ1n) is 9.58. The van der Waals surface area contributed by atoms with Gasteiger partial charge in [-0.3, -0.25) is 4.98 Å². The molecule has 5 rings (SSSR count). The van der Waals surface area contributed by atoms with Gasteiger partial charge >= 0.3 is 0 Å². The summed E-state index contributed by atoms with van der Waals surface area (Å²) in [6, 6.07) is 9.24. The van der Waals surface area contributed by atoms with Gasteiger partial charge in [0.15, 0.2) is 0 Å². The van der Waals surface area contributed by atoms with E-state index in [1.165, 1.54) is 18.2 Å². The van der Waals surface area contributed by atoms with Crippen molar-refractivity contribution in [2.75, 3.05) is 23.8 Å². The van der Waals surface area contributed by atoms with Crippen molar-refractivity contribution < 1.29 is 8.78 Å². The molecule has 1 aromatic heterocycles. The molecule has 1 unspecified atom stereocenters. The Hall–Kier alpha value is -3.10. The van der Waals surface area contributed by atoms with E-state index in [4.69, 9.17) is 4.98 Å². The first-order valence-corrected chi connectivity index (χ1v) is 9.58. The number of rotatable bonds is 4. The fourth-order valence-electron chi connectivity index (χ4n) is 3.88. The highest BCUT2D eigenvalue weighted by Gasteiger charge is 2.27. The lowest BCUT2D eigenvalue weighted by Crippen LogP contribution is -2.24. The average molecular weight is 394 g/mol. The fraction of sp³-hybridized carbons (Fsp3) is 0.238. The Labute approximate surface area is 166 Å². The zero-order chi connectivity index (χ0) is 19.8. The summed E-state index contributed by atoms with van der Waals surface area (Å²) in [5, 5.41) is 6.71. The van der Waals surface area contributed by atoms with E-state index >= 15 is 0 Å². The second kappa shape index (κ2) is 7.38. The summed E-state index contributed by atoms with van der Waals surface area (Å²) in [6.07, 6.45) is 4.44. The van der Waals surface area contributed by atoms with Crippen molar-refractivity contribution in [2.24, 2.45) is 0 Å². The molecular formula is C21H20F2N6. The molecule has 3 aromatic rings. The van der Waals surface area contributed by atoms with Crippen LogP contribution in [0.5, 0.6) is 0 Å². The highest BCUT2D eigenvalue weighted by molar-refractivity contribution is 5.71. The number of anilines is 2. The number of halogens is 2. The van der Waals surface area contributed by atoms with Gasteiger partial charge in [-0.1, -0.05) is 12.1 Å². The molecule has 0 aliphatic carbocycles. The molecule has 0 radical (unpaired) electrons. The quantitative estimate of drug-likeness (QED) is 0.545. The zero-order valence-electron chi connectivity index (χ0n) is 15.5. The standard InChI is InChI=1S/C21H20F2N6/c22-15-2-1-3-16(23)20(15)12-4-5-17-14(8-12)21(29-28-17)18-10-25-11-19(27-18)26-13-6-7-24-9-13/h1-5,8,10-11,13,21,24,28-29H,6-7,9H2,(H,26,27)/t13-,21?/m1/s1. The SMILES string of the molecule is Fc1cccc(F)c1-c1ccc2c(c1)C(c1cncc(N[C@@H]3CCNC3)n1)NN2. The molecular weight excluding hydrogens is 374 g/mol. The van der Waals surface area contributed by atoms with Gasteiger partial charge in [-0.25, -0.2) is 19.2 Å². The van der Waals surface area contributed by atoms with E-state index in [0.717, 1.165) is 36.5 Å². The summed E-state index contributed by atoms with van der Waals surface area (Å²) in [4.78, 5) is 9.02. The molecule has 0 saturated carbocycles. The Balaban J connectivity index is 1.48. The predicted octanol–water partition coefficient (Wildman–Crippen LogP) is 3.22. The first-order chi connectivity index (χ1) is 14.2. The smallest absolute Gasteiger partial charge is 0.145 e. The van der Waals surface area contributed by atoms with Crippen LogP contribution in [0.15, 0.2) is 48.8 Å². The van der Waals surface area contributed by atoms with E-state index in [1.54, 1.807) is 24.5 Å². The third-order valence-electron chi connectivity index (χ3n) is 5.33. The predicted molar refractivity (Wildman–Crippen MR) is 107 cm³/mol. The van der Waals surface area contributed by atoms with Crippen LogP contribution in [0, 0.1) is 11.6 Å². The van der Waals surface area contributed by atoms with Gasteiger partial charge in [0.1, 0.15) is 17.5 Å². The Bertz CT molecular complexity index is 1030. The van der Waals surface area contributed by atoms with Gasteiger partial charge in [0.2, 0.25) is 0 Å². The number of hydrazine groups is 1. The number of aromatic nitrogens is 2. The summed E-state index contributed by atoms with van der Waals surface area (Å²) in [5.74, 6) is -0.462. The van der Waals surface area contributed by atoms with Crippen LogP contribution in [-0.4, -0.2) is 29.1 Å². The van der Waals surface area contributed by atoms with Crippen LogP contribution in [0.25, 0.3) is 11.1 Å². The molecule has 0 bridgehead atoms. The Morgan fingerprint density at radius 3 is 2.72 bits per heavy atom. The highest BCUT2D eigenvalue weighted by atomic mass is 19.1. The van der Waals surface area contributed by atoms with E-state index in [1.807, 2.05) is 6.07 Å². The van der Waals surface area contributed by atoms with Crippen LogP contribution in [-0.2, 0) is 0 Å². The number of hydrogen-bond acceptors (Lipinski definition) is 6.